The molecule has 0 saturated carbocycles. The highest BCUT2D eigenvalue weighted by Crippen LogP contribution is 2.26. The summed E-state index contributed by atoms with van der Waals surface area (Å²) in [5.74, 6) is 1.03. The van der Waals surface area contributed by atoms with Crippen molar-refractivity contribution in [1.82, 2.24) is 5.32 Å². The average Bonchev–Trinajstić information content (AvgIpc) is 2.48. The average molecular weight is 306 g/mol. The Kier molecular flexibility index (Phi) is 8.55. The minimum Gasteiger partial charge on any atom is -0.493 e. The first-order valence-corrected chi connectivity index (χ1v) is 8.89. The molecular weight excluding hydrogens is 270 g/mol. The quantitative estimate of drug-likeness (QED) is 0.557. The third-order valence-corrected chi connectivity index (χ3v) is 3.83. The van der Waals surface area contributed by atoms with Crippen molar-refractivity contribution in [3.05, 3.63) is 29.8 Å². The van der Waals surface area contributed by atoms with Crippen molar-refractivity contribution in [2.45, 2.75) is 72.8 Å². The summed E-state index contributed by atoms with van der Waals surface area (Å²) in [6.45, 7) is 13.1. The van der Waals surface area contributed by atoms with Gasteiger partial charge in [0.05, 0.1) is 6.61 Å². The lowest BCUT2D eigenvalue weighted by atomic mass is 9.96. The number of nitrogens with one attached hydrogen (secondary N) is 1. The van der Waals surface area contributed by atoms with Gasteiger partial charge in [-0.05, 0) is 24.8 Å². The van der Waals surface area contributed by atoms with Crippen LogP contribution in [0.5, 0.6) is 5.75 Å². The molecule has 126 valence electrons. The molecule has 0 saturated heterocycles. The van der Waals surface area contributed by atoms with E-state index >= 15 is 0 Å². The van der Waals surface area contributed by atoms with Crippen molar-refractivity contribution < 1.29 is 4.74 Å². The Morgan fingerprint density at radius 1 is 1.05 bits per heavy atom. The molecule has 1 atom stereocenters. The van der Waals surface area contributed by atoms with E-state index in [0.29, 0.717) is 11.5 Å². The van der Waals surface area contributed by atoms with E-state index < -0.39 is 0 Å². The van der Waals surface area contributed by atoms with Gasteiger partial charge in [0.1, 0.15) is 5.75 Å². The third-order valence-electron chi connectivity index (χ3n) is 3.83. The van der Waals surface area contributed by atoms with Crippen molar-refractivity contribution in [3.63, 3.8) is 0 Å². The van der Waals surface area contributed by atoms with Gasteiger partial charge in [0.2, 0.25) is 0 Å². The number of para-hydroxylation sites is 1. The Labute approximate surface area is 137 Å². The largest absolute Gasteiger partial charge is 0.493 e. The predicted molar refractivity (Wildman–Crippen MR) is 96.6 cm³/mol. The van der Waals surface area contributed by atoms with E-state index in [4.69, 9.17) is 4.74 Å². The van der Waals surface area contributed by atoms with Crippen molar-refractivity contribution in [2.75, 3.05) is 13.2 Å². The summed E-state index contributed by atoms with van der Waals surface area (Å²) in [7, 11) is 0. The van der Waals surface area contributed by atoms with Crippen LogP contribution in [0.1, 0.15) is 78.3 Å². The molecule has 0 amide bonds. The molecule has 0 bridgehead atoms. The number of rotatable bonds is 10. The fourth-order valence-corrected chi connectivity index (χ4v) is 2.43. The SMILES string of the molecule is CCCCCCCOc1ccccc1C(C)NCC(C)(C)C. The summed E-state index contributed by atoms with van der Waals surface area (Å²) < 4.78 is 6.03. The van der Waals surface area contributed by atoms with E-state index in [-0.39, 0.29) is 0 Å². The lowest BCUT2D eigenvalue weighted by Gasteiger charge is -2.24. The first-order chi connectivity index (χ1) is 10.4. The van der Waals surface area contributed by atoms with Gasteiger partial charge in [-0.1, -0.05) is 71.6 Å². The van der Waals surface area contributed by atoms with E-state index in [2.05, 4.69) is 64.2 Å². The Balaban J connectivity index is 2.47. The topological polar surface area (TPSA) is 21.3 Å². The molecule has 0 fully saturated rings. The zero-order valence-corrected chi connectivity index (χ0v) is 15.2. The molecule has 0 aliphatic heterocycles. The second-order valence-electron chi connectivity index (χ2n) is 7.46. The Hall–Kier alpha value is -1.02. The highest BCUT2D eigenvalue weighted by atomic mass is 16.5. The zero-order valence-electron chi connectivity index (χ0n) is 15.2. The highest BCUT2D eigenvalue weighted by Gasteiger charge is 2.15. The van der Waals surface area contributed by atoms with Gasteiger partial charge in [0, 0.05) is 18.2 Å². The van der Waals surface area contributed by atoms with Gasteiger partial charge in [-0.2, -0.15) is 0 Å². The van der Waals surface area contributed by atoms with Crippen molar-refractivity contribution in [3.8, 4) is 5.75 Å². The summed E-state index contributed by atoms with van der Waals surface area (Å²) in [6, 6.07) is 8.74. The monoisotopic (exact) mass is 305 g/mol. The molecule has 2 heteroatoms. The maximum absolute atomic E-state index is 6.03. The standard InChI is InChI=1S/C20H35NO/c1-6-7-8-9-12-15-22-19-14-11-10-13-18(19)17(2)21-16-20(3,4)5/h10-11,13-14,17,21H,6-9,12,15-16H2,1-5H3. The van der Waals surface area contributed by atoms with Crippen molar-refractivity contribution >= 4 is 0 Å². The number of ether oxygens (including phenoxy) is 1. The molecule has 1 aromatic carbocycles. The van der Waals surface area contributed by atoms with E-state index in [1.165, 1.54) is 31.2 Å². The predicted octanol–water partition coefficient (Wildman–Crippen LogP) is 5.73. The first-order valence-electron chi connectivity index (χ1n) is 8.89. The van der Waals surface area contributed by atoms with Crippen LogP contribution in [0, 0.1) is 5.41 Å². The maximum Gasteiger partial charge on any atom is 0.124 e. The first kappa shape index (κ1) is 19.0. The molecule has 0 heterocycles. The molecule has 0 aliphatic carbocycles. The smallest absolute Gasteiger partial charge is 0.124 e. The fraction of sp³-hybridized carbons (Fsp3) is 0.700. The second kappa shape index (κ2) is 9.89. The molecule has 0 aromatic heterocycles. The fourth-order valence-electron chi connectivity index (χ4n) is 2.43. The molecule has 0 spiro atoms. The lowest BCUT2D eigenvalue weighted by Crippen LogP contribution is -2.29. The van der Waals surface area contributed by atoms with E-state index in [0.717, 1.165) is 25.3 Å². The molecule has 1 aromatic rings. The Bertz CT molecular complexity index is 408. The van der Waals surface area contributed by atoms with Crippen LogP contribution in [0.2, 0.25) is 0 Å². The van der Waals surface area contributed by atoms with E-state index in [9.17, 15) is 0 Å². The normalized spacial score (nSPS) is 13.1. The number of benzene rings is 1. The molecule has 0 aliphatic rings. The Morgan fingerprint density at radius 2 is 1.73 bits per heavy atom. The van der Waals surface area contributed by atoms with Crippen molar-refractivity contribution in [2.24, 2.45) is 5.41 Å². The van der Waals surface area contributed by atoms with Crippen LogP contribution in [-0.4, -0.2) is 13.2 Å². The van der Waals surface area contributed by atoms with Crippen LogP contribution in [0.15, 0.2) is 24.3 Å². The molecule has 1 N–H and O–H groups in total. The van der Waals surface area contributed by atoms with Gasteiger partial charge in [-0.25, -0.2) is 0 Å². The number of unbranched alkanes of at least 4 members (excludes halogenated alkanes) is 4. The molecule has 2 nitrogen and oxygen atoms in total. The summed E-state index contributed by atoms with van der Waals surface area (Å²) in [4.78, 5) is 0. The van der Waals surface area contributed by atoms with Gasteiger partial charge in [-0.3, -0.25) is 0 Å². The van der Waals surface area contributed by atoms with Gasteiger partial charge in [0.15, 0.2) is 0 Å². The van der Waals surface area contributed by atoms with Gasteiger partial charge < -0.3 is 10.1 Å². The van der Waals surface area contributed by atoms with E-state index in [1.54, 1.807) is 0 Å². The van der Waals surface area contributed by atoms with Crippen molar-refractivity contribution in [1.29, 1.82) is 0 Å². The minimum atomic E-state index is 0.295. The van der Waals surface area contributed by atoms with Gasteiger partial charge in [-0.15, -0.1) is 0 Å². The lowest BCUT2D eigenvalue weighted by molar-refractivity contribution is 0.295. The van der Waals surface area contributed by atoms with Crippen LogP contribution >= 0.6 is 0 Å². The number of hydrogen-bond donors (Lipinski definition) is 1. The maximum atomic E-state index is 6.03. The minimum absolute atomic E-state index is 0.295. The van der Waals surface area contributed by atoms with Crippen LogP contribution in [-0.2, 0) is 0 Å². The highest BCUT2D eigenvalue weighted by molar-refractivity contribution is 5.35. The van der Waals surface area contributed by atoms with Crippen LogP contribution in [0.25, 0.3) is 0 Å². The molecule has 1 rings (SSSR count). The summed E-state index contributed by atoms with van der Waals surface area (Å²) >= 11 is 0. The summed E-state index contributed by atoms with van der Waals surface area (Å²) in [5, 5.41) is 3.62. The van der Waals surface area contributed by atoms with Crippen LogP contribution in [0.3, 0.4) is 0 Å². The van der Waals surface area contributed by atoms with Gasteiger partial charge >= 0.3 is 0 Å². The molecule has 22 heavy (non-hydrogen) atoms. The van der Waals surface area contributed by atoms with Crippen LogP contribution < -0.4 is 10.1 Å². The molecular formula is C20H35NO. The number of hydrogen-bond acceptors (Lipinski definition) is 2. The summed E-state index contributed by atoms with van der Waals surface area (Å²) in [5.41, 5.74) is 1.56. The third kappa shape index (κ3) is 7.84. The molecule has 1 unspecified atom stereocenters. The van der Waals surface area contributed by atoms with Gasteiger partial charge in [0.25, 0.3) is 0 Å². The summed E-state index contributed by atoms with van der Waals surface area (Å²) in [6.07, 6.45) is 6.38. The Morgan fingerprint density at radius 3 is 2.41 bits per heavy atom. The zero-order chi connectivity index (χ0) is 16.4. The van der Waals surface area contributed by atoms with E-state index in [1.807, 2.05) is 0 Å². The van der Waals surface area contributed by atoms with Crippen LogP contribution in [0.4, 0.5) is 0 Å². The second-order valence-corrected chi connectivity index (χ2v) is 7.46. The molecule has 0 radical (unpaired) electrons.